The molecule has 0 fully saturated rings. The van der Waals surface area contributed by atoms with E-state index in [9.17, 15) is 18.4 Å². The van der Waals surface area contributed by atoms with Crippen LogP contribution in [0.15, 0.2) is 47.3 Å². The molecule has 0 spiro atoms. The minimum absolute atomic E-state index is 0.0901. The minimum atomic E-state index is -0.690. The zero-order valence-corrected chi connectivity index (χ0v) is 18.9. The zero-order chi connectivity index (χ0) is 23.9. The molecule has 0 atom stereocenters. The van der Waals surface area contributed by atoms with Gasteiger partial charge in [0.1, 0.15) is 11.6 Å². The van der Waals surface area contributed by atoms with Crippen LogP contribution in [0.4, 0.5) is 8.78 Å². The predicted octanol–water partition coefficient (Wildman–Crippen LogP) is 3.92. The maximum absolute atomic E-state index is 14.8. The van der Waals surface area contributed by atoms with Crippen LogP contribution in [0.3, 0.4) is 0 Å². The van der Waals surface area contributed by atoms with Crippen molar-refractivity contribution in [3.8, 4) is 0 Å². The Kier molecular flexibility index (Phi) is 5.84. The van der Waals surface area contributed by atoms with Crippen LogP contribution in [-0.4, -0.2) is 20.3 Å². The van der Waals surface area contributed by atoms with Gasteiger partial charge in [-0.2, -0.15) is 5.10 Å². The number of hydrogen-bond acceptors (Lipinski definition) is 3. The number of carbonyl (C=O) groups excluding carboxylic acids is 1. The van der Waals surface area contributed by atoms with Gasteiger partial charge in [0, 0.05) is 35.9 Å². The molecule has 0 radical (unpaired) electrons. The van der Waals surface area contributed by atoms with Gasteiger partial charge < -0.3 is 9.88 Å². The number of benzene rings is 2. The number of rotatable bonds is 5. The van der Waals surface area contributed by atoms with Gasteiger partial charge in [0.25, 0.3) is 11.5 Å². The van der Waals surface area contributed by atoms with Crippen molar-refractivity contribution in [1.29, 1.82) is 0 Å². The number of nitrogens with zero attached hydrogens (tertiary/aromatic N) is 3. The van der Waals surface area contributed by atoms with Gasteiger partial charge in [-0.05, 0) is 44.5 Å². The molecule has 0 unspecified atom stereocenters. The SMILES string of the molecule is Cc1nn(C)c(C)c1Cn1c(C)c(C(=O)NCc2cccc(F)c2)c2cccc(F)c2c1=O. The summed E-state index contributed by atoms with van der Waals surface area (Å²) in [6.45, 7) is 5.65. The first kappa shape index (κ1) is 22.4. The molecule has 1 amide bonds. The van der Waals surface area contributed by atoms with E-state index < -0.39 is 23.1 Å². The topological polar surface area (TPSA) is 68.9 Å². The van der Waals surface area contributed by atoms with Gasteiger partial charge in [-0.1, -0.05) is 24.3 Å². The molecule has 33 heavy (non-hydrogen) atoms. The van der Waals surface area contributed by atoms with Gasteiger partial charge in [0.15, 0.2) is 0 Å². The summed E-state index contributed by atoms with van der Waals surface area (Å²) < 4.78 is 31.4. The lowest BCUT2D eigenvalue weighted by molar-refractivity contribution is 0.0951. The van der Waals surface area contributed by atoms with E-state index in [1.165, 1.54) is 28.8 Å². The van der Waals surface area contributed by atoms with Crippen molar-refractivity contribution in [3.63, 3.8) is 0 Å². The molecule has 170 valence electrons. The summed E-state index contributed by atoms with van der Waals surface area (Å²) in [5.41, 5.74) is 3.18. The summed E-state index contributed by atoms with van der Waals surface area (Å²) in [5, 5.41) is 7.26. The molecule has 0 bridgehead atoms. The molecule has 6 nitrogen and oxygen atoms in total. The van der Waals surface area contributed by atoms with Gasteiger partial charge in [-0.25, -0.2) is 8.78 Å². The molecule has 2 heterocycles. The number of hydrogen-bond donors (Lipinski definition) is 1. The largest absolute Gasteiger partial charge is 0.348 e. The third-order valence-corrected chi connectivity index (χ3v) is 6.05. The van der Waals surface area contributed by atoms with Crippen LogP contribution in [0, 0.1) is 32.4 Å². The number of aryl methyl sites for hydroxylation is 2. The summed E-state index contributed by atoms with van der Waals surface area (Å²) in [5.74, 6) is -1.56. The second-order valence-corrected chi connectivity index (χ2v) is 8.10. The lowest BCUT2D eigenvalue weighted by Crippen LogP contribution is -2.31. The van der Waals surface area contributed by atoms with Crippen molar-refractivity contribution in [2.24, 2.45) is 7.05 Å². The number of amides is 1. The Morgan fingerprint density at radius 2 is 1.79 bits per heavy atom. The average Bonchev–Trinajstić information content (AvgIpc) is 3.00. The number of halogens is 2. The number of fused-ring (bicyclic) bond motifs is 1. The molecule has 4 aromatic rings. The Bertz CT molecular complexity index is 1450. The molecule has 0 aliphatic rings. The molecule has 1 N–H and O–H groups in total. The lowest BCUT2D eigenvalue weighted by Gasteiger charge is -2.18. The van der Waals surface area contributed by atoms with Gasteiger partial charge in [-0.15, -0.1) is 0 Å². The number of carbonyl (C=O) groups is 1. The molecule has 4 rings (SSSR count). The van der Waals surface area contributed by atoms with Crippen molar-refractivity contribution in [2.45, 2.75) is 33.9 Å². The third kappa shape index (κ3) is 4.04. The summed E-state index contributed by atoms with van der Waals surface area (Å²) in [4.78, 5) is 26.6. The highest BCUT2D eigenvalue weighted by Gasteiger charge is 2.22. The highest BCUT2D eigenvalue weighted by atomic mass is 19.1. The standard InChI is InChI=1S/C25H24F2N4O2/c1-14-20(15(2)30(4)29-14)13-31-16(3)22(19-9-6-10-21(27)23(19)25(31)33)24(32)28-12-17-7-5-8-18(26)11-17/h5-11H,12-13H2,1-4H3,(H,28,32). The Hall–Kier alpha value is -3.81. The molecular weight excluding hydrogens is 426 g/mol. The van der Waals surface area contributed by atoms with Gasteiger partial charge in [0.05, 0.1) is 23.2 Å². The Labute approximate surface area is 189 Å². The fourth-order valence-corrected chi connectivity index (χ4v) is 4.17. The Morgan fingerprint density at radius 1 is 1.06 bits per heavy atom. The molecule has 2 aromatic heterocycles. The minimum Gasteiger partial charge on any atom is -0.348 e. The highest BCUT2D eigenvalue weighted by Crippen LogP contribution is 2.23. The first-order chi connectivity index (χ1) is 15.7. The van der Waals surface area contributed by atoms with E-state index >= 15 is 0 Å². The van der Waals surface area contributed by atoms with Gasteiger partial charge >= 0.3 is 0 Å². The van der Waals surface area contributed by atoms with Crippen LogP contribution in [0.25, 0.3) is 10.8 Å². The second-order valence-electron chi connectivity index (χ2n) is 8.10. The zero-order valence-electron chi connectivity index (χ0n) is 18.9. The van der Waals surface area contributed by atoms with Crippen molar-refractivity contribution < 1.29 is 13.6 Å². The number of aromatic nitrogens is 3. The summed E-state index contributed by atoms with van der Waals surface area (Å²) >= 11 is 0. The van der Waals surface area contributed by atoms with Crippen molar-refractivity contribution in [2.75, 3.05) is 0 Å². The first-order valence-corrected chi connectivity index (χ1v) is 10.5. The van der Waals surface area contributed by atoms with Crippen LogP contribution in [0.5, 0.6) is 0 Å². The van der Waals surface area contributed by atoms with Crippen LogP contribution in [0.2, 0.25) is 0 Å². The van der Waals surface area contributed by atoms with E-state index in [1.807, 2.05) is 20.9 Å². The maximum Gasteiger partial charge on any atom is 0.261 e. The average molecular weight is 450 g/mol. The molecule has 2 aromatic carbocycles. The third-order valence-electron chi connectivity index (χ3n) is 6.05. The molecule has 8 heteroatoms. The van der Waals surface area contributed by atoms with Crippen LogP contribution in [0.1, 0.15) is 38.6 Å². The molecule has 0 aliphatic carbocycles. The molecule has 0 saturated carbocycles. The molecule has 0 saturated heterocycles. The lowest BCUT2D eigenvalue weighted by atomic mass is 10.0. The van der Waals surface area contributed by atoms with Crippen LogP contribution >= 0.6 is 0 Å². The fraction of sp³-hybridized carbons (Fsp3) is 0.240. The molecule has 0 aliphatic heterocycles. The fourth-order valence-electron chi connectivity index (χ4n) is 4.17. The van der Waals surface area contributed by atoms with Crippen molar-refractivity contribution in [3.05, 3.63) is 98.2 Å². The van der Waals surface area contributed by atoms with Crippen molar-refractivity contribution in [1.82, 2.24) is 19.7 Å². The number of pyridine rings is 1. The van der Waals surface area contributed by atoms with Gasteiger partial charge in [-0.3, -0.25) is 14.3 Å². The summed E-state index contributed by atoms with van der Waals surface area (Å²) in [6.07, 6.45) is 0. The van der Waals surface area contributed by atoms with E-state index in [-0.39, 0.29) is 29.4 Å². The van der Waals surface area contributed by atoms with Crippen molar-refractivity contribution >= 4 is 16.7 Å². The first-order valence-electron chi connectivity index (χ1n) is 10.5. The predicted molar refractivity (Wildman–Crippen MR) is 122 cm³/mol. The van der Waals surface area contributed by atoms with Crippen LogP contribution < -0.4 is 10.9 Å². The van der Waals surface area contributed by atoms with Gasteiger partial charge in [0.2, 0.25) is 0 Å². The monoisotopic (exact) mass is 450 g/mol. The highest BCUT2D eigenvalue weighted by molar-refractivity contribution is 6.07. The maximum atomic E-state index is 14.8. The molecular formula is C25H24F2N4O2. The van der Waals surface area contributed by atoms with E-state index in [4.69, 9.17) is 0 Å². The summed E-state index contributed by atoms with van der Waals surface area (Å²) in [6, 6.07) is 10.2. The quantitative estimate of drug-likeness (QED) is 0.501. The smallest absolute Gasteiger partial charge is 0.261 e. The summed E-state index contributed by atoms with van der Waals surface area (Å²) in [7, 11) is 1.81. The van der Waals surface area contributed by atoms with E-state index in [2.05, 4.69) is 10.4 Å². The normalized spacial score (nSPS) is 11.2. The van der Waals surface area contributed by atoms with E-state index in [1.54, 1.807) is 29.8 Å². The van der Waals surface area contributed by atoms with E-state index in [0.29, 0.717) is 11.3 Å². The Balaban J connectivity index is 1.84. The van der Waals surface area contributed by atoms with E-state index in [0.717, 1.165) is 17.0 Å². The number of nitrogens with one attached hydrogen (secondary N) is 1. The Morgan fingerprint density at radius 3 is 2.45 bits per heavy atom. The second kappa shape index (κ2) is 8.61. The van der Waals surface area contributed by atoms with Crippen LogP contribution in [-0.2, 0) is 20.1 Å².